The molecule has 1 aliphatic heterocycles. The predicted molar refractivity (Wildman–Crippen MR) is 144 cm³/mol. The second-order valence-electron chi connectivity index (χ2n) is 8.60. The molecule has 9 heteroatoms. The van der Waals surface area contributed by atoms with Crippen LogP contribution in [0.15, 0.2) is 82.7 Å². The fraction of sp³-hybridized carbons (Fsp3) is 0.222. The van der Waals surface area contributed by atoms with Gasteiger partial charge in [-0.3, -0.25) is 9.59 Å². The van der Waals surface area contributed by atoms with Gasteiger partial charge in [-0.25, -0.2) is 0 Å². The smallest absolute Gasteiger partial charge is 0.234 e. The van der Waals surface area contributed by atoms with E-state index in [2.05, 4.69) is 22.0 Å². The Balaban J connectivity index is 1.63. The number of allylic oxidation sites excluding steroid dienone is 1. The van der Waals surface area contributed by atoms with Gasteiger partial charge in [0.2, 0.25) is 11.8 Å². The number of carbonyl (C=O) groups excluding carboxylic acids is 2. The van der Waals surface area contributed by atoms with Crippen molar-refractivity contribution in [1.29, 1.82) is 5.26 Å². The number of nitriles is 1. The lowest BCUT2D eigenvalue weighted by molar-refractivity contribution is -0.131. The molecule has 4 N–H and O–H groups in total. The summed E-state index contributed by atoms with van der Waals surface area (Å²) in [6.07, 6.45) is 0. The molecule has 0 bridgehead atoms. The van der Waals surface area contributed by atoms with E-state index < -0.39 is 23.5 Å². The van der Waals surface area contributed by atoms with E-state index in [1.165, 1.54) is 18.3 Å². The van der Waals surface area contributed by atoms with Crippen molar-refractivity contribution in [2.24, 2.45) is 5.92 Å². The summed E-state index contributed by atoms with van der Waals surface area (Å²) in [4.78, 5) is 26.9. The van der Waals surface area contributed by atoms with Gasteiger partial charge in [-0.15, -0.1) is 11.3 Å². The summed E-state index contributed by atoms with van der Waals surface area (Å²) in [5.41, 5.74) is 0.833. The van der Waals surface area contributed by atoms with E-state index in [-0.39, 0.29) is 11.7 Å². The van der Waals surface area contributed by atoms with E-state index in [1.807, 2.05) is 60.8 Å². The van der Waals surface area contributed by atoms with Gasteiger partial charge in [-0.1, -0.05) is 54.2 Å². The van der Waals surface area contributed by atoms with Gasteiger partial charge in [0.25, 0.3) is 0 Å². The lowest BCUT2D eigenvalue weighted by Crippen LogP contribution is -2.57. The number of anilines is 2. The van der Waals surface area contributed by atoms with Crippen LogP contribution in [-0.4, -0.2) is 28.4 Å². The first kappa shape index (κ1) is 25.5. The highest BCUT2D eigenvalue weighted by Crippen LogP contribution is 2.46. The average Bonchev–Trinajstić information content (AvgIpc) is 3.38. The molecule has 1 aliphatic rings. The first-order chi connectivity index (χ1) is 17.3. The van der Waals surface area contributed by atoms with Crippen molar-refractivity contribution in [1.82, 2.24) is 5.32 Å². The minimum Gasteiger partial charge on any atom is -0.370 e. The summed E-state index contributed by atoms with van der Waals surface area (Å²) < 4.78 is 0. The van der Waals surface area contributed by atoms with Crippen molar-refractivity contribution in [2.75, 3.05) is 16.4 Å². The Bertz CT molecular complexity index is 1310. The summed E-state index contributed by atoms with van der Waals surface area (Å²) in [5, 5.41) is 32.6. The van der Waals surface area contributed by atoms with E-state index in [0.717, 1.165) is 22.2 Å². The number of para-hydroxylation sites is 2. The number of benzene rings is 2. The van der Waals surface area contributed by atoms with Crippen LogP contribution in [0.2, 0.25) is 0 Å². The summed E-state index contributed by atoms with van der Waals surface area (Å²) in [6.45, 7) is 3.41. The zero-order chi connectivity index (χ0) is 25.7. The maximum atomic E-state index is 13.6. The Kier molecular flexibility index (Phi) is 7.79. The Hall–Kier alpha value is -3.58. The van der Waals surface area contributed by atoms with Gasteiger partial charge < -0.3 is 21.1 Å². The number of carbonyl (C=O) groups is 2. The largest absolute Gasteiger partial charge is 0.370 e. The fourth-order valence-electron chi connectivity index (χ4n) is 4.20. The Morgan fingerprint density at radius 1 is 1.11 bits per heavy atom. The lowest BCUT2D eigenvalue weighted by Gasteiger charge is -2.43. The molecular weight excluding hydrogens is 492 g/mol. The van der Waals surface area contributed by atoms with Crippen molar-refractivity contribution in [3.63, 3.8) is 0 Å². The maximum absolute atomic E-state index is 13.6. The zero-order valence-electron chi connectivity index (χ0n) is 19.8. The second kappa shape index (κ2) is 11.0. The monoisotopic (exact) mass is 518 g/mol. The first-order valence-electron chi connectivity index (χ1n) is 11.3. The number of nitrogens with zero attached hydrogens (tertiary/aromatic N) is 1. The predicted octanol–water partition coefficient (Wildman–Crippen LogP) is 4.81. The molecule has 2 aromatic carbocycles. The molecule has 1 aromatic heterocycles. The molecule has 4 rings (SSSR count). The highest BCUT2D eigenvalue weighted by molar-refractivity contribution is 8.03. The molecule has 0 aliphatic carbocycles. The minimum absolute atomic E-state index is 0.0235. The molecule has 3 aromatic rings. The molecule has 36 heavy (non-hydrogen) atoms. The van der Waals surface area contributed by atoms with E-state index in [4.69, 9.17) is 0 Å². The molecule has 184 valence electrons. The Morgan fingerprint density at radius 3 is 2.50 bits per heavy atom. The van der Waals surface area contributed by atoms with Gasteiger partial charge in [0.05, 0.1) is 28.3 Å². The van der Waals surface area contributed by atoms with E-state index in [1.54, 1.807) is 18.2 Å². The molecule has 3 atom stereocenters. The van der Waals surface area contributed by atoms with Crippen LogP contribution in [-0.2, 0) is 9.59 Å². The minimum atomic E-state index is -1.68. The Labute approximate surface area is 218 Å². The molecule has 7 nitrogen and oxygen atoms in total. The zero-order valence-corrected chi connectivity index (χ0v) is 21.5. The van der Waals surface area contributed by atoms with Gasteiger partial charge in [0, 0.05) is 22.2 Å². The van der Waals surface area contributed by atoms with Crippen LogP contribution in [0.3, 0.4) is 0 Å². The van der Waals surface area contributed by atoms with Crippen LogP contribution >= 0.6 is 23.1 Å². The quantitative estimate of drug-likeness (QED) is 0.357. The number of amides is 2. The number of aryl methyl sites for hydroxylation is 1. The molecule has 0 spiro atoms. The molecular formula is C27H26N4O3S2. The summed E-state index contributed by atoms with van der Waals surface area (Å²) in [6, 6.07) is 22.4. The lowest BCUT2D eigenvalue weighted by atomic mass is 9.76. The van der Waals surface area contributed by atoms with Crippen molar-refractivity contribution >= 4 is 46.3 Å². The molecule has 0 fully saturated rings. The highest BCUT2D eigenvalue weighted by atomic mass is 32.2. The molecule has 0 saturated carbocycles. The van der Waals surface area contributed by atoms with E-state index in [9.17, 15) is 20.0 Å². The van der Waals surface area contributed by atoms with Crippen LogP contribution in [0, 0.1) is 24.2 Å². The molecule has 2 amide bonds. The molecule has 0 unspecified atom stereocenters. The van der Waals surface area contributed by atoms with Crippen LogP contribution in [0.5, 0.6) is 0 Å². The number of thioether (sulfide) groups is 1. The van der Waals surface area contributed by atoms with Crippen LogP contribution in [0.4, 0.5) is 11.4 Å². The number of hydrogen-bond acceptors (Lipinski definition) is 7. The van der Waals surface area contributed by atoms with E-state index >= 15 is 0 Å². The van der Waals surface area contributed by atoms with Gasteiger partial charge in [-0.05, 0) is 49.1 Å². The van der Waals surface area contributed by atoms with Crippen LogP contribution in [0.25, 0.3) is 0 Å². The summed E-state index contributed by atoms with van der Waals surface area (Å²) >= 11 is 2.54. The summed E-state index contributed by atoms with van der Waals surface area (Å²) in [7, 11) is 0. The molecule has 2 heterocycles. The van der Waals surface area contributed by atoms with Crippen molar-refractivity contribution in [3.8, 4) is 6.07 Å². The normalized spacial score (nSPS) is 21.3. The standard InChI is InChI=1S/C27H26N4O3S2/c1-17-9-6-7-12-20(17)30-25(33)24-23(21-13-8-14-35-21)19(15-28)26(31-27(24,2)34)36-16-22(32)29-18-10-4-3-5-11-18/h3-14,23-24,31,34H,16H2,1-2H3,(H,29,32)(H,30,33)/t23-,24+,27+/m1/s1. The fourth-order valence-corrected chi connectivity index (χ4v) is 6.03. The summed E-state index contributed by atoms with van der Waals surface area (Å²) in [5.74, 6) is -2.30. The van der Waals surface area contributed by atoms with Crippen molar-refractivity contribution in [2.45, 2.75) is 25.5 Å². The average molecular weight is 519 g/mol. The van der Waals surface area contributed by atoms with Crippen molar-refractivity contribution in [3.05, 3.63) is 93.2 Å². The van der Waals surface area contributed by atoms with Gasteiger partial charge in [0.1, 0.15) is 5.72 Å². The van der Waals surface area contributed by atoms with E-state index in [0.29, 0.717) is 22.0 Å². The topological polar surface area (TPSA) is 114 Å². The third-order valence-corrected chi connectivity index (χ3v) is 7.89. The van der Waals surface area contributed by atoms with Crippen LogP contribution < -0.4 is 16.0 Å². The third-order valence-electron chi connectivity index (χ3n) is 5.92. The van der Waals surface area contributed by atoms with Gasteiger partial charge >= 0.3 is 0 Å². The first-order valence-corrected chi connectivity index (χ1v) is 13.2. The highest BCUT2D eigenvalue weighted by Gasteiger charge is 2.50. The third kappa shape index (κ3) is 5.62. The molecule has 0 saturated heterocycles. The Morgan fingerprint density at radius 2 is 1.83 bits per heavy atom. The number of nitrogens with one attached hydrogen (secondary N) is 3. The van der Waals surface area contributed by atoms with Gasteiger partial charge in [0.15, 0.2) is 0 Å². The van der Waals surface area contributed by atoms with Crippen molar-refractivity contribution < 1.29 is 14.7 Å². The second-order valence-corrected chi connectivity index (χ2v) is 10.6. The SMILES string of the molecule is Cc1ccccc1NC(=O)[C@@H]1[C@@H](c2cccs2)C(C#N)=C(SCC(=O)Nc2ccccc2)N[C@@]1(C)O. The van der Waals surface area contributed by atoms with Crippen LogP contribution in [0.1, 0.15) is 23.3 Å². The number of hydrogen-bond donors (Lipinski definition) is 4. The van der Waals surface area contributed by atoms with Gasteiger partial charge in [-0.2, -0.15) is 5.26 Å². The molecule has 0 radical (unpaired) electrons. The number of rotatable bonds is 7. The number of aliphatic hydroxyl groups is 1. The number of thiophene rings is 1. The maximum Gasteiger partial charge on any atom is 0.234 e.